The van der Waals surface area contributed by atoms with Crippen LogP contribution in [0.25, 0.3) is 83.2 Å². The molecule has 1 unspecified atom stereocenters. The highest BCUT2D eigenvalue weighted by Gasteiger charge is 2.22. The van der Waals surface area contributed by atoms with Crippen LogP contribution in [0.1, 0.15) is 22.6 Å². The molecular weight excluding hydrogens is 597 g/mol. The van der Waals surface area contributed by atoms with Crippen LogP contribution in [0.3, 0.4) is 0 Å². The number of aromatic nitrogens is 2. The van der Waals surface area contributed by atoms with Gasteiger partial charge in [-0.3, -0.25) is 9.97 Å². The topological polar surface area (TPSA) is 38.9 Å². The highest BCUT2D eigenvalue weighted by atomic mass is 16.3. The van der Waals surface area contributed by atoms with Crippen LogP contribution >= 0.6 is 0 Å². The van der Waals surface area contributed by atoms with Gasteiger partial charge in [-0.05, 0) is 74.5 Å². The van der Waals surface area contributed by atoms with E-state index in [4.69, 9.17) is 14.4 Å². The zero-order chi connectivity index (χ0) is 32.3. The fraction of sp³-hybridized carbons (Fsp3) is 0.0435. The molecule has 49 heavy (non-hydrogen) atoms. The fourth-order valence-electron chi connectivity index (χ4n) is 7.76. The summed E-state index contributed by atoms with van der Waals surface area (Å²) in [5.41, 5.74) is 14.7. The van der Waals surface area contributed by atoms with Gasteiger partial charge in [-0.25, -0.2) is 0 Å². The zero-order valence-corrected chi connectivity index (χ0v) is 26.7. The first-order valence-corrected chi connectivity index (χ1v) is 16.8. The number of rotatable bonds is 4. The lowest BCUT2D eigenvalue weighted by molar-refractivity contribution is 0.670. The van der Waals surface area contributed by atoms with Crippen molar-refractivity contribution in [1.29, 1.82) is 0 Å². The van der Waals surface area contributed by atoms with E-state index in [9.17, 15) is 0 Å². The van der Waals surface area contributed by atoms with Crippen LogP contribution in [0, 0.1) is 0 Å². The van der Waals surface area contributed by atoms with Crippen molar-refractivity contribution in [2.24, 2.45) is 0 Å². The van der Waals surface area contributed by atoms with Crippen LogP contribution < -0.4 is 0 Å². The molecule has 2 aromatic heterocycles. The largest absolute Gasteiger partial charge is 0.455 e. The average molecular weight is 627 g/mol. The van der Waals surface area contributed by atoms with E-state index in [0.717, 1.165) is 55.9 Å². The number of benzene rings is 7. The minimum Gasteiger partial charge on any atom is -0.455 e. The van der Waals surface area contributed by atoms with Crippen molar-refractivity contribution in [3.8, 4) is 33.4 Å². The maximum atomic E-state index is 6.37. The van der Waals surface area contributed by atoms with Crippen LogP contribution in [-0.4, -0.2) is 9.97 Å². The van der Waals surface area contributed by atoms with Crippen molar-refractivity contribution in [2.75, 3.05) is 0 Å². The van der Waals surface area contributed by atoms with E-state index in [1.165, 1.54) is 44.3 Å². The molecule has 7 aromatic carbocycles. The monoisotopic (exact) mass is 626 g/mol. The van der Waals surface area contributed by atoms with E-state index >= 15 is 0 Å². The number of furan rings is 1. The van der Waals surface area contributed by atoms with Crippen LogP contribution in [0.4, 0.5) is 0 Å². The second-order valence-electron chi connectivity index (χ2n) is 12.9. The summed E-state index contributed by atoms with van der Waals surface area (Å²) < 4.78 is 6.37. The number of nitrogens with zero attached hydrogens (tertiary/aromatic N) is 2. The molecule has 0 saturated carbocycles. The summed E-state index contributed by atoms with van der Waals surface area (Å²) in [7, 11) is 0. The lowest BCUT2D eigenvalue weighted by Crippen LogP contribution is -2.08. The molecule has 3 heteroatoms. The quantitative estimate of drug-likeness (QED) is 0.182. The Morgan fingerprint density at radius 3 is 1.94 bits per heavy atom. The number of para-hydroxylation sites is 2. The summed E-state index contributed by atoms with van der Waals surface area (Å²) in [6.45, 7) is 0. The molecule has 9 aromatic rings. The van der Waals surface area contributed by atoms with Crippen LogP contribution in [0.15, 0.2) is 162 Å². The fourth-order valence-corrected chi connectivity index (χ4v) is 7.76. The summed E-state index contributed by atoms with van der Waals surface area (Å²) in [5, 5.41) is 4.69. The van der Waals surface area contributed by atoms with Gasteiger partial charge in [0.05, 0.1) is 11.0 Å². The Morgan fingerprint density at radius 1 is 0.510 bits per heavy atom. The third-order valence-electron chi connectivity index (χ3n) is 10.1. The molecule has 0 fully saturated rings. The third kappa shape index (κ3) is 4.58. The van der Waals surface area contributed by atoms with Gasteiger partial charge < -0.3 is 4.42 Å². The molecule has 2 heterocycles. The van der Waals surface area contributed by atoms with E-state index in [0.29, 0.717) is 0 Å². The Bertz CT molecular complexity index is 2770. The van der Waals surface area contributed by atoms with Gasteiger partial charge >= 0.3 is 0 Å². The van der Waals surface area contributed by atoms with Gasteiger partial charge in [-0.15, -0.1) is 0 Å². The minimum absolute atomic E-state index is 0.250. The Balaban J connectivity index is 0.996. The van der Waals surface area contributed by atoms with Crippen LogP contribution in [0.2, 0.25) is 0 Å². The van der Waals surface area contributed by atoms with Crippen molar-refractivity contribution in [2.45, 2.75) is 12.3 Å². The molecule has 0 radical (unpaired) electrons. The van der Waals surface area contributed by atoms with Crippen molar-refractivity contribution in [3.05, 3.63) is 175 Å². The first-order valence-electron chi connectivity index (χ1n) is 16.8. The molecule has 0 N–H and O–H groups in total. The lowest BCUT2D eigenvalue weighted by atomic mass is 9.81. The maximum absolute atomic E-state index is 6.37. The second-order valence-corrected chi connectivity index (χ2v) is 12.9. The molecular formula is C46H30N2O. The molecule has 1 aliphatic carbocycles. The summed E-state index contributed by atoms with van der Waals surface area (Å²) in [5.74, 6) is 0.250. The SMILES string of the molecule is C1=CC(c2cccc(-c3cccc(-c4cccc(-c5cccc6c5oc5ccccc56)c4)c3)c2)Cc2c1c1ccccc1c1nccnc21. The van der Waals surface area contributed by atoms with Crippen molar-refractivity contribution >= 4 is 49.8 Å². The predicted octanol–water partition coefficient (Wildman–Crippen LogP) is 12.0. The molecule has 3 nitrogen and oxygen atoms in total. The minimum atomic E-state index is 0.250. The van der Waals surface area contributed by atoms with Crippen molar-refractivity contribution in [3.63, 3.8) is 0 Å². The third-order valence-corrected chi connectivity index (χ3v) is 10.1. The summed E-state index contributed by atoms with van der Waals surface area (Å²) in [6.07, 6.45) is 9.16. The van der Waals surface area contributed by atoms with Gasteiger partial charge in [0.2, 0.25) is 0 Å². The van der Waals surface area contributed by atoms with Crippen molar-refractivity contribution < 1.29 is 4.42 Å². The smallest absolute Gasteiger partial charge is 0.143 e. The Morgan fingerprint density at radius 2 is 1.12 bits per heavy atom. The number of allylic oxidation sites excluding steroid dienone is 1. The van der Waals surface area contributed by atoms with Crippen LogP contribution in [-0.2, 0) is 6.42 Å². The number of hydrogen-bond acceptors (Lipinski definition) is 3. The first-order chi connectivity index (χ1) is 24.3. The van der Waals surface area contributed by atoms with E-state index in [-0.39, 0.29) is 5.92 Å². The van der Waals surface area contributed by atoms with Gasteiger partial charge in [0.25, 0.3) is 0 Å². The Hall–Kier alpha value is -6.32. The highest BCUT2D eigenvalue weighted by molar-refractivity contribution is 6.11. The van der Waals surface area contributed by atoms with E-state index in [1.807, 2.05) is 18.3 Å². The Kier molecular flexibility index (Phi) is 6.31. The molecule has 10 rings (SSSR count). The molecule has 1 aliphatic rings. The van der Waals surface area contributed by atoms with E-state index < -0.39 is 0 Å². The van der Waals surface area contributed by atoms with Gasteiger partial charge in [0, 0.05) is 40.0 Å². The standard InChI is InChI=1S/C46H30N2O/c1-2-17-40-37(15-1)38-22-21-34(28-42(38)45-44(40)47-23-24-48-45)32-12-6-10-30(26-32)29-9-5-11-31(25-29)33-13-7-14-35(27-33)36-18-8-19-41-39-16-3-4-20-43(39)49-46(36)41/h1-27,34H,28H2. The first kappa shape index (κ1) is 27.8. The Labute approximate surface area is 283 Å². The van der Waals surface area contributed by atoms with Gasteiger partial charge in [0.1, 0.15) is 11.2 Å². The molecule has 0 saturated heterocycles. The summed E-state index contributed by atoms with van der Waals surface area (Å²) in [4.78, 5) is 9.58. The molecule has 0 spiro atoms. The summed E-state index contributed by atoms with van der Waals surface area (Å²) in [6, 6.07) is 49.9. The van der Waals surface area contributed by atoms with Gasteiger partial charge in [-0.1, -0.05) is 133 Å². The van der Waals surface area contributed by atoms with Crippen molar-refractivity contribution in [1.82, 2.24) is 9.97 Å². The molecule has 230 valence electrons. The number of fused-ring (bicyclic) bond motifs is 9. The highest BCUT2D eigenvalue weighted by Crippen LogP contribution is 2.40. The van der Waals surface area contributed by atoms with E-state index in [2.05, 4.69) is 140 Å². The average Bonchev–Trinajstić information content (AvgIpc) is 3.57. The summed E-state index contributed by atoms with van der Waals surface area (Å²) >= 11 is 0. The lowest BCUT2D eigenvalue weighted by Gasteiger charge is -2.23. The van der Waals surface area contributed by atoms with E-state index in [1.54, 1.807) is 6.20 Å². The number of hydrogen-bond donors (Lipinski definition) is 0. The molecule has 0 aliphatic heterocycles. The zero-order valence-electron chi connectivity index (χ0n) is 26.7. The van der Waals surface area contributed by atoms with Gasteiger partial charge in [0.15, 0.2) is 0 Å². The molecule has 1 atom stereocenters. The molecule has 0 bridgehead atoms. The molecule has 0 amide bonds. The maximum Gasteiger partial charge on any atom is 0.143 e. The van der Waals surface area contributed by atoms with Gasteiger partial charge in [-0.2, -0.15) is 0 Å². The second kappa shape index (κ2) is 11.1. The van der Waals surface area contributed by atoms with Crippen LogP contribution in [0.5, 0.6) is 0 Å². The predicted molar refractivity (Wildman–Crippen MR) is 203 cm³/mol. The normalized spacial score (nSPS) is 14.2.